The number of phenols is 1. The number of aromatic hydroxyl groups is 1. The molecule has 1 aliphatic heterocycles. The second-order valence-electron chi connectivity index (χ2n) is 4.33. The number of rotatable bonds is 3. The molecule has 3 rings (SSSR count). The van der Waals surface area contributed by atoms with E-state index in [1.54, 1.807) is 18.3 Å². The van der Waals surface area contributed by atoms with Crippen molar-refractivity contribution in [2.75, 3.05) is 12.0 Å². The van der Waals surface area contributed by atoms with Gasteiger partial charge in [0, 0.05) is 23.5 Å². The first-order valence-corrected chi connectivity index (χ1v) is 6.10. The molecule has 1 heterocycles. The predicted octanol–water partition coefficient (Wildman–Crippen LogP) is 2.77. The fraction of sp³-hybridized carbons (Fsp3) is 0.133. The van der Waals surface area contributed by atoms with Crippen molar-refractivity contribution in [3.63, 3.8) is 0 Å². The maximum Gasteiger partial charge on any atom is 0.162 e. The lowest BCUT2D eigenvalue weighted by Crippen LogP contribution is -2.08. The SMILES string of the molecule is Oc1cc2c(cc1OCc1ccccc1)C=NCN2. The van der Waals surface area contributed by atoms with E-state index in [2.05, 4.69) is 10.3 Å². The zero-order valence-electron chi connectivity index (χ0n) is 10.3. The Morgan fingerprint density at radius 1 is 1.21 bits per heavy atom. The number of aliphatic imine (C=N–C) groups is 1. The van der Waals surface area contributed by atoms with Crippen LogP contribution in [0.25, 0.3) is 0 Å². The highest BCUT2D eigenvalue weighted by Gasteiger charge is 2.11. The molecule has 2 N–H and O–H groups in total. The van der Waals surface area contributed by atoms with Gasteiger partial charge in [0.15, 0.2) is 11.5 Å². The molecule has 0 bridgehead atoms. The molecule has 0 aromatic heterocycles. The molecule has 2 aromatic carbocycles. The first-order valence-electron chi connectivity index (χ1n) is 6.10. The summed E-state index contributed by atoms with van der Waals surface area (Å²) >= 11 is 0. The van der Waals surface area contributed by atoms with E-state index in [0.29, 0.717) is 19.0 Å². The summed E-state index contributed by atoms with van der Waals surface area (Å²) in [5, 5.41) is 13.0. The van der Waals surface area contributed by atoms with Crippen LogP contribution in [0.1, 0.15) is 11.1 Å². The summed E-state index contributed by atoms with van der Waals surface area (Å²) in [5.74, 6) is 0.607. The van der Waals surface area contributed by atoms with Crippen LogP contribution in [-0.4, -0.2) is 18.0 Å². The number of hydrogen-bond donors (Lipinski definition) is 2. The summed E-state index contributed by atoms with van der Waals surface area (Å²) < 4.78 is 5.65. The minimum absolute atomic E-state index is 0.137. The maximum absolute atomic E-state index is 9.94. The van der Waals surface area contributed by atoms with Gasteiger partial charge in [0.2, 0.25) is 0 Å². The Morgan fingerprint density at radius 3 is 2.89 bits per heavy atom. The molecule has 0 radical (unpaired) electrons. The van der Waals surface area contributed by atoms with Crippen LogP contribution in [0.2, 0.25) is 0 Å². The molecule has 4 nitrogen and oxygen atoms in total. The van der Waals surface area contributed by atoms with Gasteiger partial charge in [-0.2, -0.15) is 0 Å². The fourth-order valence-electron chi connectivity index (χ4n) is 1.97. The summed E-state index contributed by atoms with van der Waals surface area (Å²) in [4.78, 5) is 4.13. The van der Waals surface area contributed by atoms with Crippen molar-refractivity contribution in [3.05, 3.63) is 53.6 Å². The number of fused-ring (bicyclic) bond motifs is 1. The molecular formula is C15H14N2O2. The molecule has 0 saturated carbocycles. The molecule has 0 saturated heterocycles. The molecule has 0 amide bonds. The van der Waals surface area contributed by atoms with Gasteiger partial charge in [-0.1, -0.05) is 30.3 Å². The van der Waals surface area contributed by atoms with Gasteiger partial charge in [-0.25, -0.2) is 0 Å². The second kappa shape index (κ2) is 5.02. The molecule has 1 aliphatic rings. The van der Waals surface area contributed by atoms with Crippen molar-refractivity contribution < 1.29 is 9.84 Å². The highest BCUT2D eigenvalue weighted by molar-refractivity contribution is 5.90. The third-order valence-electron chi connectivity index (χ3n) is 2.96. The molecule has 4 heteroatoms. The number of nitrogens with zero attached hydrogens (tertiary/aromatic N) is 1. The Balaban J connectivity index is 1.80. The zero-order chi connectivity index (χ0) is 13.1. The minimum atomic E-state index is 0.137. The molecule has 0 atom stereocenters. The summed E-state index contributed by atoms with van der Waals surface area (Å²) in [6.45, 7) is 0.967. The van der Waals surface area contributed by atoms with E-state index in [1.165, 1.54) is 0 Å². The lowest BCUT2D eigenvalue weighted by atomic mass is 10.1. The highest BCUT2D eigenvalue weighted by atomic mass is 16.5. The van der Waals surface area contributed by atoms with E-state index >= 15 is 0 Å². The van der Waals surface area contributed by atoms with Crippen LogP contribution in [0.5, 0.6) is 11.5 Å². The third kappa shape index (κ3) is 2.52. The van der Waals surface area contributed by atoms with Gasteiger partial charge >= 0.3 is 0 Å². The molecule has 0 unspecified atom stereocenters. The number of anilines is 1. The molecule has 19 heavy (non-hydrogen) atoms. The monoisotopic (exact) mass is 254 g/mol. The number of phenolic OH excluding ortho intramolecular Hbond substituents is 1. The Kier molecular flexibility index (Phi) is 3.06. The third-order valence-corrected chi connectivity index (χ3v) is 2.96. The van der Waals surface area contributed by atoms with Crippen LogP contribution in [0, 0.1) is 0 Å². The number of nitrogens with one attached hydrogen (secondary N) is 1. The van der Waals surface area contributed by atoms with E-state index in [1.807, 2.05) is 30.3 Å². The van der Waals surface area contributed by atoms with Crippen LogP contribution >= 0.6 is 0 Å². The fourth-order valence-corrected chi connectivity index (χ4v) is 1.97. The van der Waals surface area contributed by atoms with Crippen molar-refractivity contribution >= 4 is 11.9 Å². The summed E-state index contributed by atoms with van der Waals surface area (Å²) in [6.07, 6.45) is 1.78. The topological polar surface area (TPSA) is 53.9 Å². The van der Waals surface area contributed by atoms with Crippen LogP contribution in [0.3, 0.4) is 0 Å². The van der Waals surface area contributed by atoms with Gasteiger partial charge in [0.05, 0.1) is 0 Å². The maximum atomic E-state index is 9.94. The Bertz CT molecular complexity index is 609. The lowest BCUT2D eigenvalue weighted by molar-refractivity contribution is 0.289. The Morgan fingerprint density at radius 2 is 2.05 bits per heavy atom. The number of ether oxygens (including phenoxy) is 1. The van der Waals surface area contributed by atoms with Gasteiger partial charge in [-0.3, -0.25) is 4.99 Å². The first kappa shape index (κ1) is 11.6. The van der Waals surface area contributed by atoms with Crippen molar-refractivity contribution in [2.45, 2.75) is 6.61 Å². The van der Waals surface area contributed by atoms with E-state index in [4.69, 9.17) is 4.74 Å². The van der Waals surface area contributed by atoms with Crippen molar-refractivity contribution in [1.29, 1.82) is 0 Å². The van der Waals surface area contributed by atoms with Crippen LogP contribution in [0.4, 0.5) is 5.69 Å². The van der Waals surface area contributed by atoms with E-state index in [-0.39, 0.29) is 5.75 Å². The molecule has 2 aromatic rings. The van der Waals surface area contributed by atoms with Crippen molar-refractivity contribution in [2.24, 2.45) is 4.99 Å². The standard InChI is InChI=1S/C15H14N2O2/c18-14-7-13-12(8-16-10-17-13)6-15(14)19-9-11-4-2-1-3-5-11/h1-8,17-18H,9-10H2. The van der Waals surface area contributed by atoms with Crippen molar-refractivity contribution in [1.82, 2.24) is 0 Å². The Hall–Kier alpha value is -2.49. The van der Waals surface area contributed by atoms with Crippen LogP contribution in [0.15, 0.2) is 47.5 Å². The summed E-state index contributed by atoms with van der Waals surface area (Å²) in [6, 6.07) is 13.3. The number of benzene rings is 2. The lowest BCUT2D eigenvalue weighted by Gasteiger charge is -2.15. The predicted molar refractivity (Wildman–Crippen MR) is 75.0 cm³/mol. The van der Waals surface area contributed by atoms with Gasteiger partial charge in [0.25, 0.3) is 0 Å². The van der Waals surface area contributed by atoms with Gasteiger partial charge in [0.1, 0.15) is 13.3 Å². The zero-order valence-corrected chi connectivity index (χ0v) is 10.3. The average Bonchev–Trinajstić information content (AvgIpc) is 2.46. The molecule has 0 spiro atoms. The molecule has 0 fully saturated rings. The molecular weight excluding hydrogens is 240 g/mol. The van der Waals surface area contributed by atoms with Crippen molar-refractivity contribution in [3.8, 4) is 11.5 Å². The average molecular weight is 254 g/mol. The molecule has 0 aliphatic carbocycles. The van der Waals surface area contributed by atoms with Crippen LogP contribution < -0.4 is 10.1 Å². The highest BCUT2D eigenvalue weighted by Crippen LogP contribution is 2.33. The van der Waals surface area contributed by atoms with E-state index < -0.39 is 0 Å². The smallest absolute Gasteiger partial charge is 0.162 e. The van der Waals surface area contributed by atoms with E-state index in [0.717, 1.165) is 16.8 Å². The minimum Gasteiger partial charge on any atom is -0.504 e. The van der Waals surface area contributed by atoms with Crippen LogP contribution in [-0.2, 0) is 6.61 Å². The molecule has 96 valence electrons. The quantitative estimate of drug-likeness (QED) is 0.885. The summed E-state index contributed by atoms with van der Waals surface area (Å²) in [7, 11) is 0. The van der Waals surface area contributed by atoms with E-state index in [9.17, 15) is 5.11 Å². The van der Waals surface area contributed by atoms with Gasteiger partial charge < -0.3 is 15.2 Å². The van der Waals surface area contributed by atoms with Gasteiger partial charge in [-0.15, -0.1) is 0 Å². The Labute approximate surface area is 111 Å². The first-order chi connectivity index (χ1) is 9.33. The normalized spacial score (nSPS) is 12.6. The summed E-state index contributed by atoms with van der Waals surface area (Å²) in [5.41, 5.74) is 2.86. The number of hydrogen-bond acceptors (Lipinski definition) is 4. The second-order valence-corrected chi connectivity index (χ2v) is 4.33. The van der Waals surface area contributed by atoms with Gasteiger partial charge in [-0.05, 0) is 11.6 Å². The largest absolute Gasteiger partial charge is 0.504 e.